The van der Waals surface area contributed by atoms with E-state index in [1.54, 1.807) is 13.2 Å². The number of benzene rings is 2. The number of ether oxygens (including phenoxy) is 2. The third-order valence-electron chi connectivity index (χ3n) is 3.38. The highest BCUT2D eigenvalue weighted by molar-refractivity contribution is 5.85. The number of carbonyl (C=O) groups is 1. The molecule has 0 aliphatic rings. The van der Waals surface area contributed by atoms with Crippen LogP contribution in [0.15, 0.2) is 47.6 Å². The molecule has 0 spiro atoms. The molecule has 2 N–H and O–H groups in total. The number of phenols is 1. The molecule has 0 aromatic heterocycles. The van der Waals surface area contributed by atoms with E-state index in [2.05, 4.69) is 10.5 Å². The molecular formula is C18H20N2O4. The van der Waals surface area contributed by atoms with E-state index in [0.29, 0.717) is 24.2 Å². The summed E-state index contributed by atoms with van der Waals surface area (Å²) in [5, 5.41) is 13.3. The molecule has 0 aliphatic heterocycles. The Balaban J connectivity index is 1.86. The van der Waals surface area contributed by atoms with Crippen molar-refractivity contribution in [2.24, 2.45) is 5.10 Å². The van der Waals surface area contributed by atoms with Crippen molar-refractivity contribution in [2.45, 2.75) is 12.8 Å². The summed E-state index contributed by atoms with van der Waals surface area (Å²) in [4.78, 5) is 11.8. The van der Waals surface area contributed by atoms with Crippen LogP contribution >= 0.6 is 0 Å². The van der Waals surface area contributed by atoms with E-state index >= 15 is 0 Å². The van der Waals surface area contributed by atoms with E-state index in [-0.39, 0.29) is 11.7 Å². The van der Waals surface area contributed by atoms with Gasteiger partial charge in [-0.2, -0.15) is 5.10 Å². The third-order valence-corrected chi connectivity index (χ3v) is 3.38. The lowest BCUT2D eigenvalue weighted by Gasteiger charge is -2.05. The smallest absolute Gasteiger partial charge is 0.240 e. The van der Waals surface area contributed by atoms with Gasteiger partial charge in [-0.1, -0.05) is 12.1 Å². The Morgan fingerprint density at radius 3 is 2.79 bits per heavy atom. The van der Waals surface area contributed by atoms with Crippen LogP contribution in [0.2, 0.25) is 0 Å². The van der Waals surface area contributed by atoms with Gasteiger partial charge in [-0.05, 0) is 36.2 Å². The van der Waals surface area contributed by atoms with Crippen molar-refractivity contribution in [1.29, 1.82) is 0 Å². The van der Waals surface area contributed by atoms with Crippen molar-refractivity contribution in [3.63, 3.8) is 0 Å². The van der Waals surface area contributed by atoms with Crippen molar-refractivity contribution in [1.82, 2.24) is 5.43 Å². The summed E-state index contributed by atoms with van der Waals surface area (Å²) < 4.78 is 10.3. The number of methoxy groups -OCH3 is 2. The summed E-state index contributed by atoms with van der Waals surface area (Å²) in [6.07, 6.45) is 2.39. The lowest BCUT2D eigenvalue weighted by Crippen LogP contribution is -2.17. The van der Waals surface area contributed by atoms with Gasteiger partial charge in [0.1, 0.15) is 17.2 Å². The molecule has 126 valence electrons. The second-order valence-electron chi connectivity index (χ2n) is 5.07. The second-order valence-corrected chi connectivity index (χ2v) is 5.07. The van der Waals surface area contributed by atoms with Crippen LogP contribution in [0, 0.1) is 0 Å². The first-order chi connectivity index (χ1) is 11.6. The van der Waals surface area contributed by atoms with E-state index in [4.69, 9.17) is 9.47 Å². The number of nitrogens with zero attached hydrogens (tertiary/aromatic N) is 1. The standard InChI is InChI=1S/C18H20N2O4/c1-23-16-5-3-4-13(10-16)6-9-18(22)20-19-12-14-7-8-15(21)11-17(14)24-2/h3-5,7-8,10-12,21H,6,9H2,1-2H3,(H,20,22). The lowest BCUT2D eigenvalue weighted by atomic mass is 10.1. The van der Waals surface area contributed by atoms with Gasteiger partial charge in [-0.25, -0.2) is 5.43 Å². The van der Waals surface area contributed by atoms with Gasteiger partial charge in [0, 0.05) is 18.1 Å². The van der Waals surface area contributed by atoms with Crippen LogP contribution in [-0.2, 0) is 11.2 Å². The predicted molar refractivity (Wildman–Crippen MR) is 91.7 cm³/mol. The summed E-state index contributed by atoms with van der Waals surface area (Å²) in [5.41, 5.74) is 4.15. The molecule has 0 bridgehead atoms. The normalized spacial score (nSPS) is 10.6. The zero-order chi connectivity index (χ0) is 17.4. The fourth-order valence-electron chi connectivity index (χ4n) is 2.12. The Bertz CT molecular complexity index is 729. The molecular weight excluding hydrogens is 308 g/mol. The van der Waals surface area contributed by atoms with Crippen molar-refractivity contribution >= 4 is 12.1 Å². The van der Waals surface area contributed by atoms with Crippen LogP contribution < -0.4 is 14.9 Å². The number of aryl methyl sites for hydroxylation is 1. The Kier molecular flexibility index (Phi) is 6.19. The van der Waals surface area contributed by atoms with E-state index in [1.165, 1.54) is 25.5 Å². The number of phenolic OH excluding ortho intramolecular Hbond substituents is 1. The van der Waals surface area contributed by atoms with Crippen LogP contribution in [0.5, 0.6) is 17.2 Å². The van der Waals surface area contributed by atoms with Gasteiger partial charge in [0.25, 0.3) is 0 Å². The van der Waals surface area contributed by atoms with E-state index < -0.39 is 0 Å². The van der Waals surface area contributed by atoms with Crippen molar-refractivity contribution in [3.8, 4) is 17.2 Å². The van der Waals surface area contributed by atoms with Gasteiger partial charge in [-0.15, -0.1) is 0 Å². The molecule has 0 radical (unpaired) electrons. The Morgan fingerprint density at radius 2 is 2.04 bits per heavy atom. The molecule has 2 aromatic carbocycles. The first-order valence-electron chi connectivity index (χ1n) is 7.44. The highest BCUT2D eigenvalue weighted by Crippen LogP contribution is 2.22. The molecule has 24 heavy (non-hydrogen) atoms. The number of amides is 1. The second kappa shape index (κ2) is 8.57. The van der Waals surface area contributed by atoms with Gasteiger partial charge in [0.2, 0.25) is 5.91 Å². The molecule has 0 fully saturated rings. The topological polar surface area (TPSA) is 80.2 Å². The number of hydrogen-bond donors (Lipinski definition) is 2. The largest absolute Gasteiger partial charge is 0.508 e. The molecule has 2 aromatic rings. The van der Waals surface area contributed by atoms with Gasteiger partial charge in [0.15, 0.2) is 0 Å². The van der Waals surface area contributed by atoms with E-state index in [0.717, 1.165) is 11.3 Å². The number of hydrazone groups is 1. The fraction of sp³-hybridized carbons (Fsp3) is 0.222. The molecule has 0 atom stereocenters. The number of hydrogen-bond acceptors (Lipinski definition) is 5. The van der Waals surface area contributed by atoms with E-state index in [9.17, 15) is 9.90 Å². The highest BCUT2D eigenvalue weighted by Gasteiger charge is 2.04. The average molecular weight is 328 g/mol. The minimum Gasteiger partial charge on any atom is -0.508 e. The fourth-order valence-corrected chi connectivity index (χ4v) is 2.12. The Hall–Kier alpha value is -3.02. The third kappa shape index (κ3) is 5.01. The van der Waals surface area contributed by atoms with Gasteiger partial charge >= 0.3 is 0 Å². The number of aromatic hydroxyl groups is 1. The van der Waals surface area contributed by atoms with Crippen LogP contribution in [-0.4, -0.2) is 31.4 Å². The number of carbonyl (C=O) groups excluding carboxylic acids is 1. The molecule has 2 rings (SSSR count). The Labute approximate surface area is 140 Å². The maximum Gasteiger partial charge on any atom is 0.240 e. The van der Waals surface area contributed by atoms with Gasteiger partial charge in [-0.3, -0.25) is 4.79 Å². The maximum absolute atomic E-state index is 11.8. The maximum atomic E-state index is 11.8. The molecule has 6 heteroatoms. The summed E-state index contributed by atoms with van der Waals surface area (Å²) in [5.74, 6) is 1.16. The monoisotopic (exact) mass is 328 g/mol. The van der Waals surface area contributed by atoms with Crippen molar-refractivity contribution in [2.75, 3.05) is 14.2 Å². The van der Waals surface area contributed by atoms with Gasteiger partial charge < -0.3 is 14.6 Å². The van der Waals surface area contributed by atoms with E-state index in [1.807, 2.05) is 24.3 Å². The number of rotatable bonds is 7. The molecule has 0 aliphatic carbocycles. The highest BCUT2D eigenvalue weighted by atomic mass is 16.5. The molecule has 0 heterocycles. The molecule has 0 saturated carbocycles. The number of nitrogens with one attached hydrogen (secondary N) is 1. The molecule has 0 saturated heterocycles. The molecule has 6 nitrogen and oxygen atoms in total. The molecule has 1 amide bonds. The summed E-state index contributed by atoms with van der Waals surface area (Å²) in [6, 6.07) is 12.2. The zero-order valence-corrected chi connectivity index (χ0v) is 13.7. The van der Waals surface area contributed by atoms with Crippen LogP contribution in [0.3, 0.4) is 0 Å². The van der Waals surface area contributed by atoms with Gasteiger partial charge in [0.05, 0.1) is 20.4 Å². The summed E-state index contributed by atoms with van der Waals surface area (Å²) in [6.45, 7) is 0. The zero-order valence-electron chi connectivity index (χ0n) is 13.7. The lowest BCUT2D eigenvalue weighted by molar-refractivity contribution is -0.121. The SMILES string of the molecule is COc1cccc(CCC(=O)NN=Cc2ccc(O)cc2OC)c1. The minimum atomic E-state index is -0.188. The van der Waals surface area contributed by atoms with Crippen LogP contribution in [0.25, 0.3) is 0 Å². The minimum absolute atomic E-state index is 0.103. The summed E-state index contributed by atoms with van der Waals surface area (Å²) >= 11 is 0. The quantitative estimate of drug-likeness (QED) is 0.604. The van der Waals surface area contributed by atoms with Crippen molar-refractivity contribution < 1.29 is 19.4 Å². The van der Waals surface area contributed by atoms with Crippen LogP contribution in [0.1, 0.15) is 17.5 Å². The predicted octanol–water partition coefficient (Wildman–Crippen LogP) is 2.49. The first kappa shape index (κ1) is 17.3. The Morgan fingerprint density at radius 1 is 1.21 bits per heavy atom. The average Bonchev–Trinajstić information content (AvgIpc) is 2.61. The molecule has 0 unspecified atom stereocenters. The van der Waals surface area contributed by atoms with Crippen LogP contribution in [0.4, 0.5) is 0 Å². The first-order valence-corrected chi connectivity index (χ1v) is 7.44. The van der Waals surface area contributed by atoms with Crippen molar-refractivity contribution in [3.05, 3.63) is 53.6 Å². The summed E-state index contributed by atoms with van der Waals surface area (Å²) in [7, 11) is 3.11.